The molecule has 9 heteroatoms. The first-order valence-electron chi connectivity index (χ1n) is 6.73. The number of nitrogens with two attached hydrogens (primary N) is 1. The molecule has 2 aromatic rings. The molecule has 0 radical (unpaired) electrons. The molecule has 0 saturated heterocycles. The van der Waals surface area contributed by atoms with E-state index in [0.29, 0.717) is 15.9 Å². The summed E-state index contributed by atoms with van der Waals surface area (Å²) in [6.45, 7) is 3.30. The summed E-state index contributed by atoms with van der Waals surface area (Å²) in [4.78, 5) is 26.9. The molecule has 4 N–H and O–H groups in total. The van der Waals surface area contributed by atoms with Crippen molar-refractivity contribution in [1.29, 1.82) is 0 Å². The van der Waals surface area contributed by atoms with Gasteiger partial charge in [-0.05, 0) is 26.0 Å². The Labute approximate surface area is 135 Å². The van der Waals surface area contributed by atoms with Gasteiger partial charge >= 0.3 is 6.03 Å². The molecular weight excluding hydrogens is 326 g/mol. The number of hydrogen-bond acceptors (Lipinski definition) is 4. The molecule has 6 nitrogen and oxygen atoms in total. The highest BCUT2D eigenvalue weighted by atomic mass is 32.1. The van der Waals surface area contributed by atoms with E-state index in [1.54, 1.807) is 32.0 Å². The van der Waals surface area contributed by atoms with Crippen molar-refractivity contribution in [3.05, 3.63) is 23.2 Å². The van der Waals surface area contributed by atoms with Gasteiger partial charge in [-0.15, -0.1) is 11.3 Å². The van der Waals surface area contributed by atoms with Crippen LogP contribution in [0, 0.1) is 0 Å². The summed E-state index contributed by atoms with van der Waals surface area (Å²) in [6, 6.07) is 4.24. The third-order valence-electron chi connectivity index (χ3n) is 2.93. The van der Waals surface area contributed by atoms with Gasteiger partial charge in [0.2, 0.25) is 5.91 Å². The number of carbonyl (C=O) groups excluding carboxylic acids is 2. The van der Waals surface area contributed by atoms with E-state index >= 15 is 0 Å². The number of aromatic nitrogens is 1. The molecule has 23 heavy (non-hydrogen) atoms. The molecule has 0 saturated carbocycles. The van der Waals surface area contributed by atoms with E-state index in [1.807, 2.05) is 0 Å². The Bertz CT molecular complexity index is 745. The number of amides is 3. The van der Waals surface area contributed by atoms with Crippen LogP contribution in [0.1, 0.15) is 31.7 Å². The molecule has 0 atom stereocenters. The predicted octanol–water partition coefficient (Wildman–Crippen LogP) is 3.01. The van der Waals surface area contributed by atoms with E-state index in [9.17, 15) is 18.4 Å². The number of thiazole rings is 1. The number of carbonyl (C=O) groups is 2. The lowest BCUT2D eigenvalue weighted by Crippen LogP contribution is -2.47. The number of urea groups is 1. The van der Waals surface area contributed by atoms with Crippen molar-refractivity contribution in [2.45, 2.75) is 32.2 Å². The van der Waals surface area contributed by atoms with E-state index in [-0.39, 0.29) is 11.4 Å². The van der Waals surface area contributed by atoms with Gasteiger partial charge in [-0.25, -0.2) is 18.6 Å². The van der Waals surface area contributed by atoms with Crippen LogP contribution in [0.4, 0.5) is 19.3 Å². The third kappa shape index (κ3) is 4.35. The number of nitrogens with one attached hydrogen (secondary N) is 2. The van der Waals surface area contributed by atoms with Crippen LogP contribution < -0.4 is 16.4 Å². The molecule has 0 aliphatic carbocycles. The Morgan fingerprint density at radius 3 is 2.70 bits per heavy atom. The maximum atomic E-state index is 12.7. The number of halogens is 2. The van der Waals surface area contributed by atoms with Gasteiger partial charge in [-0.1, -0.05) is 6.07 Å². The average Bonchev–Trinajstić information content (AvgIpc) is 2.81. The number of benzene rings is 1. The molecule has 3 amide bonds. The maximum absolute atomic E-state index is 12.7. The monoisotopic (exact) mass is 342 g/mol. The van der Waals surface area contributed by atoms with Gasteiger partial charge in [-0.3, -0.25) is 4.79 Å². The third-order valence-corrected chi connectivity index (χ3v) is 4.05. The fraction of sp³-hybridized carbons (Fsp3) is 0.357. The second-order valence-electron chi connectivity index (χ2n) is 5.61. The Hall–Kier alpha value is -2.29. The highest BCUT2D eigenvalue weighted by Gasteiger charge is 2.23. The molecule has 0 aliphatic rings. The molecule has 0 bridgehead atoms. The van der Waals surface area contributed by atoms with Crippen molar-refractivity contribution in [3.8, 4) is 0 Å². The van der Waals surface area contributed by atoms with Crippen LogP contribution in [0.5, 0.6) is 0 Å². The van der Waals surface area contributed by atoms with Gasteiger partial charge in [0.25, 0.3) is 6.43 Å². The van der Waals surface area contributed by atoms with Crippen LogP contribution in [0.3, 0.4) is 0 Å². The summed E-state index contributed by atoms with van der Waals surface area (Å²) in [6.07, 6.45) is -2.69. The quantitative estimate of drug-likeness (QED) is 0.779. The van der Waals surface area contributed by atoms with Crippen LogP contribution in [0.15, 0.2) is 18.2 Å². The van der Waals surface area contributed by atoms with Crippen LogP contribution in [0.25, 0.3) is 10.2 Å². The molecule has 124 valence electrons. The predicted molar refractivity (Wildman–Crippen MR) is 84.6 cm³/mol. The molecule has 0 fully saturated rings. The van der Waals surface area contributed by atoms with Crippen molar-refractivity contribution in [3.63, 3.8) is 0 Å². The molecule has 0 unspecified atom stereocenters. The molecule has 1 aromatic heterocycles. The first-order chi connectivity index (χ1) is 10.7. The largest absolute Gasteiger partial charge is 0.370 e. The minimum atomic E-state index is -2.66. The number of hydrogen-bond donors (Lipinski definition) is 3. The summed E-state index contributed by atoms with van der Waals surface area (Å²) in [5.41, 5.74) is 5.06. The van der Waals surface area contributed by atoms with Crippen molar-refractivity contribution >= 4 is 39.2 Å². The van der Waals surface area contributed by atoms with Gasteiger partial charge in [0.05, 0.1) is 15.9 Å². The first kappa shape index (κ1) is 17.1. The maximum Gasteiger partial charge on any atom is 0.319 e. The summed E-state index contributed by atoms with van der Waals surface area (Å²) in [5, 5.41) is 4.90. The van der Waals surface area contributed by atoms with Crippen molar-refractivity contribution < 1.29 is 18.4 Å². The summed E-state index contributed by atoms with van der Waals surface area (Å²) < 4.78 is 26.0. The van der Waals surface area contributed by atoms with Crippen LogP contribution in [0.2, 0.25) is 0 Å². The topological polar surface area (TPSA) is 97.1 Å². The van der Waals surface area contributed by atoms with Gasteiger partial charge in [-0.2, -0.15) is 0 Å². The minimum absolute atomic E-state index is 0.0271. The second kappa shape index (κ2) is 6.45. The summed E-state index contributed by atoms with van der Waals surface area (Å²) >= 11 is 0.825. The van der Waals surface area contributed by atoms with Crippen molar-refractivity contribution in [2.75, 3.05) is 5.32 Å². The highest BCUT2D eigenvalue weighted by Crippen LogP contribution is 2.33. The lowest BCUT2D eigenvalue weighted by Gasteiger charge is -2.24. The van der Waals surface area contributed by atoms with Crippen molar-refractivity contribution in [1.82, 2.24) is 10.3 Å². The zero-order valence-electron chi connectivity index (χ0n) is 12.5. The number of nitrogens with zero attached hydrogens (tertiary/aromatic N) is 1. The molecule has 2 rings (SSSR count). The van der Waals surface area contributed by atoms with Crippen molar-refractivity contribution in [2.24, 2.45) is 5.73 Å². The lowest BCUT2D eigenvalue weighted by molar-refractivity contribution is -0.119. The van der Waals surface area contributed by atoms with Crippen LogP contribution >= 0.6 is 11.3 Å². The smallest absolute Gasteiger partial charge is 0.319 e. The minimum Gasteiger partial charge on any atom is -0.370 e. The number of anilines is 1. The standard InChI is InChI=1S/C14H16F2N4O2S/c1-14(2,6-9(17)21)20-13(22)19-8-5-3-4-7-10(8)23-12(18-7)11(15)16/h3-5,11H,6H2,1-2H3,(H2,17,21)(H2,19,20,22). The van der Waals surface area contributed by atoms with Gasteiger partial charge in [0, 0.05) is 12.0 Å². The molecule has 0 spiro atoms. The Balaban J connectivity index is 2.18. The Morgan fingerprint density at radius 2 is 2.09 bits per heavy atom. The van der Waals surface area contributed by atoms with E-state index < -0.39 is 23.9 Å². The van der Waals surface area contributed by atoms with E-state index in [0.717, 1.165) is 11.3 Å². The Kier molecular flexibility index (Phi) is 4.79. The summed E-state index contributed by atoms with van der Waals surface area (Å²) in [7, 11) is 0. The van der Waals surface area contributed by atoms with E-state index in [2.05, 4.69) is 15.6 Å². The zero-order valence-corrected chi connectivity index (χ0v) is 13.3. The molecular formula is C14H16F2N4O2S. The SMILES string of the molecule is CC(C)(CC(N)=O)NC(=O)Nc1cccc2nc(C(F)F)sc12. The van der Waals surface area contributed by atoms with Gasteiger partial charge in [0.1, 0.15) is 0 Å². The number of fused-ring (bicyclic) bond motifs is 1. The fourth-order valence-corrected chi connectivity index (χ4v) is 2.99. The Morgan fingerprint density at radius 1 is 1.39 bits per heavy atom. The highest BCUT2D eigenvalue weighted by molar-refractivity contribution is 7.19. The second-order valence-corrected chi connectivity index (χ2v) is 6.64. The number of rotatable bonds is 5. The molecule has 0 aliphatic heterocycles. The van der Waals surface area contributed by atoms with Gasteiger partial charge < -0.3 is 16.4 Å². The van der Waals surface area contributed by atoms with Crippen LogP contribution in [-0.4, -0.2) is 22.5 Å². The average molecular weight is 342 g/mol. The fourth-order valence-electron chi connectivity index (χ4n) is 2.10. The van der Waals surface area contributed by atoms with Crippen LogP contribution in [-0.2, 0) is 4.79 Å². The first-order valence-corrected chi connectivity index (χ1v) is 7.55. The van der Waals surface area contributed by atoms with E-state index in [1.165, 1.54) is 0 Å². The van der Waals surface area contributed by atoms with Gasteiger partial charge in [0.15, 0.2) is 5.01 Å². The lowest BCUT2D eigenvalue weighted by atomic mass is 10.0. The molecule has 1 heterocycles. The molecule has 1 aromatic carbocycles. The van der Waals surface area contributed by atoms with E-state index in [4.69, 9.17) is 5.73 Å². The summed E-state index contributed by atoms with van der Waals surface area (Å²) in [5.74, 6) is -0.540. The number of alkyl halides is 2. The zero-order chi connectivity index (χ0) is 17.2. The normalized spacial score (nSPS) is 11.7. The number of primary amides is 1.